The summed E-state index contributed by atoms with van der Waals surface area (Å²) in [4.78, 5) is 45.7. The van der Waals surface area contributed by atoms with Gasteiger partial charge in [-0.25, -0.2) is 4.98 Å². The first-order chi connectivity index (χ1) is 14.9. The van der Waals surface area contributed by atoms with E-state index >= 15 is 0 Å². The Labute approximate surface area is 175 Å². The molecule has 0 aliphatic carbocycles. The van der Waals surface area contributed by atoms with Gasteiger partial charge in [0.2, 0.25) is 0 Å². The molecule has 0 saturated carbocycles. The Morgan fingerprint density at radius 1 is 1.26 bits per heavy atom. The molecule has 3 heterocycles. The SMILES string of the molecule is N[C@@H]1CCN(C(=O)c2ccc3[nH]c(-n4c(=O)cnc5ccccc54)c([N+](=O)[O-])c3c2)C1. The Bertz CT molecular complexity index is 1420. The van der Waals surface area contributed by atoms with Gasteiger partial charge in [0.15, 0.2) is 5.82 Å². The number of nitrogens with two attached hydrogens (primary N) is 1. The third-order valence-corrected chi connectivity index (χ3v) is 5.57. The van der Waals surface area contributed by atoms with Crippen LogP contribution in [0.5, 0.6) is 0 Å². The second kappa shape index (κ2) is 7.03. The first-order valence-electron chi connectivity index (χ1n) is 9.76. The lowest BCUT2D eigenvalue weighted by atomic mass is 10.1. The van der Waals surface area contributed by atoms with Crippen LogP contribution < -0.4 is 11.3 Å². The summed E-state index contributed by atoms with van der Waals surface area (Å²) in [6.45, 7) is 1.01. The number of rotatable bonds is 3. The Hall–Kier alpha value is -4.05. The molecule has 1 aliphatic rings. The first kappa shape index (κ1) is 18.9. The minimum Gasteiger partial charge on any atom is -0.337 e. The fourth-order valence-electron chi connectivity index (χ4n) is 4.09. The largest absolute Gasteiger partial charge is 0.337 e. The summed E-state index contributed by atoms with van der Waals surface area (Å²) < 4.78 is 1.24. The van der Waals surface area contributed by atoms with Gasteiger partial charge in [0.1, 0.15) is 0 Å². The normalized spacial score (nSPS) is 16.3. The van der Waals surface area contributed by atoms with Gasteiger partial charge in [-0.2, -0.15) is 0 Å². The number of nitrogens with one attached hydrogen (secondary N) is 1. The van der Waals surface area contributed by atoms with Crippen molar-refractivity contribution in [2.75, 3.05) is 13.1 Å². The van der Waals surface area contributed by atoms with E-state index in [2.05, 4.69) is 9.97 Å². The van der Waals surface area contributed by atoms with Gasteiger partial charge in [-0.15, -0.1) is 0 Å². The monoisotopic (exact) mass is 418 g/mol. The van der Waals surface area contributed by atoms with Crippen LogP contribution in [0.3, 0.4) is 0 Å². The molecule has 1 atom stereocenters. The number of carbonyl (C=O) groups excluding carboxylic acids is 1. The van der Waals surface area contributed by atoms with Crippen LogP contribution in [-0.4, -0.2) is 49.4 Å². The third kappa shape index (κ3) is 3.04. The van der Waals surface area contributed by atoms with Gasteiger partial charge in [-0.05, 0) is 36.8 Å². The molecule has 3 N–H and O–H groups in total. The highest BCUT2D eigenvalue weighted by Crippen LogP contribution is 2.34. The minimum absolute atomic E-state index is 0.0244. The Kier molecular flexibility index (Phi) is 4.29. The number of hydrogen-bond donors (Lipinski definition) is 2. The maximum Gasteiger partial charge on any atom is 0.319 e. The molecule has 1 saturated heterocycles. The molecule has 2 aromatic carbocycles. The smallest absolute Gasteiger partial charge is 0.319 e. The van der Waals surface area contributed by atoms with E-state index in [4.69, 9.17) is 5.73 Å². The van der Waals surface area contributed by atoms with Gasteiger partial charge < -0.3 is 15.6 Å². The zero-order valence-electron chi connectivity index (χ0n) is 16.3. The first-order valence-corrected chi connectivity index (χ1v) is 9.76. The minimum atomic E-state index is -0.546. The fraction of sp³-hybridized carbons (Fsp3) is 0.190. The van der Waals surface area contributed by atoms with Gasteiger partial charge in [-0.3, -0.25) is 24.3 Å². The van der Waals surface area contributed by atoms with Crippen molar-refractivity contribution in [1.29, 1.82) is 0 Å². The number of benzene rings is 2. The molecule has 0 unspecified atom stereocenters. The second-order valence-electron chi connectivity index (χ2n) is 7.56. The number of fused-ring (bicyclic) bond motifs is 2. The summed E-state index contributed by atoms with van der Waals surface area (Å²) in [5, 5.41) is 12.3. The number of para-hydroxylation sites is 2. The molecule has 0 bridgehead atoms. The maximum absolute atomic E-state index is 12.8. The van der Waals surface area contributed by atoms with Crippen molar-refractivity contribution >= 4 is 33.5 Å². The number of H-pyrrole nitrogens is 1. The molecular weight excluding hydrogens is 400 g/mol. The number of amides is 1. The molecule has 1 fully saturated rings. The van der Waals surface area contributed by atoms with Crippen LogP contribution in [0.25, 0.3) is 27.8 Å². The summed E-state index contributed by atoms with van der Waals surface area (Å²) in [6.07, 6.45) is 1.85. The van der Waals surface area contributed by atoms with Crippen molar-refractivity contribution in [1.82, 2.24) is 19.4 Å². The van der Waals surface area contributed by atoms with Crippen LogP contribution in [0.2, 0.25) is 0 Å². The van der Waals surface area contributed by atoms with Gasteiger partial charge >= 0.3 is 5.69 Å². The zero-order valence-corrected chi connectivity index (χ0v) is 16.3. The molecule has 4 aromatic rings. The number of aromatic nitrogens is 3. The predicted octanol–water partition coefficient (Wildman–Crippen LogP) is 1.95. The van der Waals surface area contributed by atoms with Crippen LogP contribution in [0, 0.1) is 10.1 Å². The highest BCUT2D eigenvalue weighted by atomic mass is 16.6. The van der Waals surface area contributed by atoms with Crippen molar-refractivity contribution in [2.24, 2.45) is 5.73 Å². The Balaban J connectivity index is 1.72. The van der Waals surface area contributed by atoms with Crippen molar-refractivity contribution in [3.63, 3.8) is 0 Å². The second-order valence-corrected chi connectivity index (χ2v) is 7.56. The van der Waals surface area contributed by atoms with E-state index in [9.17, 15) is 19.7 Å². The molecule has 156 valence electrons. The average molecular weight is 418 g/mol. The summed E-state index contributed by atoms with van der Waals surface area (Å²) in [7, 11) is 0. The lowest BCUT2D eigenvalue weighted by molar-refractivity contribution is -0.382. The summed E-state index contributed by atoms with van der Waals surface area (Å²) >= 11 is 0. The van der Waals surface area contributed by atoms with Crippen molar-refractivity contribution in [2.45, 2.75) is 12.5 Å². The molecule has 1 aliphatic heterocycles. The maximum atomic E-state index is 12.8. The fourth-order valence-corrected chi connectivity index (χ4v) is 4.09. The summed E-state index contributed by atoms with van der Waals surface area (Å²) in [5.41, 5.74) is 6.86. The van der Waals surface area contributed by atoms with Crippen LogP contribution in [0.1, 0.15) is 16.8 Å². The van der Waals surface area contributed by atoms with E-state index in [1.807, 2.05) is 0 Å². The van der Waals surface area contributed by atoms with Crippen molar-refractivity contribution < 1.29 is 9.72 Å². The molecule has 10 nitrogen and oxygen atoms in total. The van der Waals surface area contributed by atoms with Crippen LogP contribution >= 0.6 is 0 Å². The Morgan fingerprint density at radius 3 is 2.81 bits per heavy atom. The highest BCUT2D eigenvalue weighted by Gasteiger charge is 2.28. The molecular formula is C21H18N6O4. The number of nitrogens with zero attached hydrogens (tertiary/aromatic N) is 4. The van der Waals surface area contributed by atoms with Crippen molar-refractivity contribution in [3.8, 4) is 5.82 Å². The molecule has 31 heavy (non-hydrogen) atoms. The predicted molar refractivity (Wildman–Crippen MR) is 114 cm³/mol. The summed E-state index contributed by atoms with van der Waals surface area (Å²) in [6, 6.07) is 11.6. The van der Waals surface area contributed by atoms with Gasteiger partial charge in [-0.1, -0.05) is 12.1 Å². The third-order valence-electron chi connectivity index (χ3n) is 5.57. The number of likely N-dealkylation sites (tertiary alicyclic amines) is 1. The molecule has 0 spiro atoms. The number of nitro groups is 1. The highest BCUT2D eigenvalue weighted by molar-refractivity contribution is 6.02. The van der Waals surface area contributed by atoms with Gasteiger partial charge in [0.25, 0.3) is 11.5 Å². The molecule has 0 radical (unpaired) electrons. The van der Waals surface area contributed by atoms with E-state index in [-0.39, 0.29) is 28.8 Å². The molecule has 5 rings (SSSR count). The lowest BCUT2D eigenvalue weighted by Crippen LogP contribution is -2.31. The Morgan fingerprint density at radius 2 is 2.06 bits per heavy atom. The van der Waals surface area contributed by atoms with Gasteiger partial charge in [0, 0.05) is 24.7 Å². The van der Waals surface area contributed by atoms with E-state index in [0.29, 0.717) is 35.2 Å². The van der Waals surface area contributed by atoms with Crippen LogP contribution in [0.15, 0.2) is 53.5 Å². The molecule has 2 aromatic heterocycles. The molecule has 1 amide bonds. The standard InChI is InChI=1S/C21H18N6O4/c22-13-7-8-25(11-13)21(29)12-5-6-15-14(9-12)19(27(30)31)20(24-15)26-17-4-2-1-3-16(17)23-10-18(26)28/h1-6,9-10,13,24H,7-8,11,22H2/t13-/m1/s1. The number of aromatic amines is 1. The van der Waals surface area contributed by atoms with Crippen LogP contribution in [-0.2, 0) is 0 Å². The van der Waals surface area contributed by atoms with Crippen LogP contribution in [0.4, 0.5) is 5.69 Å². The number of carbonyl (C=O) groups is 1. The van der Waals surface area contributed by atoms with Gasteiger partial charge in [0.05, 0.1) is 33.1 Å². The van der Waals surface area contributed by atoms with E-state index in [1.54, 1.807) is 41.3 Å². The number of hydrogen-bond acceptors (Lipinski definition) is 6. The lowest BCUT2D eigenvalue weighted by Gasteiger charge is -2.15. The van der Waals surface area contributed by atoms with Crippen molar-refractivity contribution in [3.05, 3.63) is 74.7 Å². The van der Waals surface area contributed by atoms with E-state index in [0.717, 1.165) is 12.6 Å². The topological polar surface area (TPSA) is 140 Å². The molecule has 10 heteroatoms. The summed E-state index contributed by atoms with van der Waals surface area (Å²) in [5.74, 6) is -0.199. The van der Waals surface area contributed by atoms with E-state index in [1.165, 1.54) is 10.6 Å². The quantitative estimate of drug-likeness (QED) is 0.385. The average Bonchev–Trinajstić information content (AvgIpc) is 3.36. The van der Waals surface area contributed by atoms with E-state index < -0.39 is 10.5 Å². The zero-order chi connectivity index (χ0) is 21.7.